The summed E-state index contributed by atoms with van der Waals surface area (Å²) in [7, 11) is 4.04. The van der Waals surface area contributed by atoms with E-state index in [2.05, 4.69) is 4.90 Å². The lowest BCUT2D eigenvalue weighted by Crippen LogP contribution is -2.25. The van der Waals surface area contributed by atoms with E-state index in [9.17, 15) is 0 Å². The maximum Gasteiger partial charge on any atom is 0.119 e. The quantitative estimate of drug-likeness (QED) is 0.799. The van der Waals surface area contributed by atoms with Crippen molar-refractivity contribution in [3.63, 3.8) is 0 Å². The van der Waals surface area contributed by atoms with Gasteiger partial charge in [0, 0.05) is 12.6 Å². The standard InChI is InChI=1S/C12H20N2O/c1-4-15-11-7-5-6-10(8-11)12(13)9-14(2)3/h5-8,12H,4,9,13H2,1-3H3. The van der Waals surface area contributed by atoms with Gasteiger partial charge < -0.3 is 15.4 Å². The van der Waals surface area contributed by atoms with Gasteiger partial charge in [-0.3, -0.25) is 0 Å². The fraction of sp³-hybridized carbons (Fsp3) is 0.500. The molecule has 0 amide bonds. The summed E-state index contributed by atoms with van der Waals surface area (Å²) in [5, 5.41) is 0. The molecule has 0 spiro atoms. The van der Waals surface area contributed by atoms with Gasteiger partial charge in [-0.1, -0.05) is 12.1 Å². The minimum Gasteiger partial charge on any atom is -0.494 e. The highest BCUT2D eigenvalue weighted by atomic mass is 16.5. The summed E-state index contributed by atoms with van der Waals surface area (Å²) in [4.78, 5) is 2.08. The van der Waals surface area contributed by atoms with Gasteiger partial charge in [0.2, 0.25) is 0 Å². The topological polar surface area (TPSA) is 38.5 Å². The van der Waals surface area contributed by atoms with E-state index < -0.39 is 0 Å². The Kier molecular flexibility index (Phi) is 4.59. The van der Waals surface area contributed by atoms with Crippen LogP contribution in [-0.4, -0.2) is 32.1 Å². The lowest BCUT2D eigenvalue weighted by molar-refractivity contribution is 0.338. The second-order valence-corrected chi connectivity index (χ2v) is 3.87. The average Bonchev–Trinajstić information content (AvgIpc) is 2.17. The molecule has 1 unspecified atom stereocenters. The second-order valence-electron chi connectivity index (χ2n) is 3.87. The third-order valence-electron chi connectivity index (χ3n) is 2.16. The van der Waals surface area contributed by atoms with Gasteiger partial charge in [-0.15, -0.1) is 0 Å². The van der Waals surface area contributed by atoms with E-state index in [0.717, 1.165) is 17.9 Å². The molecular formula is C12H20N2O. The molecule has 0 fully saturated rings. The van der Waals surface area contributed by atoms with Crippen LogP contribution < -0.4 is 10.5 Å². The molecule has 0 aromatic heterocycles. The van der Waals surface area contributed by atoms with Crippen LogP contribution in [-0.2, 0) is 0 Å². The van der Waals surface area contributed by atoms with Crippen LogP contribution in [0.3, 0.4) is 0 Å². The molecule has 1 rings (SSSR count). The molecule has 1 atom stereocenters. The molecule has 0 aliphatic rings. The summed E-state index contributed by atoms with van der Waals surface area (Å²) in [6.07, 6.45) is 0. The van der Waals surface area contributed by atoms with Crippen molar-refractivity contribution in [2.75, 3.05) is 27.2 Å². The Balaban J connectivity index is 2.71. The number of hydrogen-bond donors (Lipinski definition) is 1. The molecule has 3 nitrogen and oxygen atoms in total. The zero-order chi connectivity index (χ0) is 11.3. The SMILES string of the molecule is CCOc1cccc(C(N)CN(C)C)c1. The first-order chi connectivity index (χ1) is 7.13. The largest absolute Gasteiger partial charge is 0.494 e. The molecule has 0 aliphatic carbocycles. The molecule has 0 saturated carbocycles. The number of rotatable bonds is 5. The summed E-state index contributed by atoms with van der Waals surface area (Å²) >= 11 is 0. The maximum absolute atomic E-state index is 6.06. The van der Waals surface area contributed by atoms with E-state index in [1.807, 2.05) is 45.3 Å². The monoisotopic (exact) mass is 208 g/mol. The molecule has 84 valence electrons. The first kappa shape index (κ1) is 12.0. The highest BCUT2D eigenvalue weighted by Gasteiger charge is 2.07. The van der Waals surface area contributed by atoms with Crippen LogP contribution in [0.5, 0.6) is 5.75 Å². The number of nitrogens with zero attached hydrogens (tertiary/aromatic N) is 1. The van der Waals surface area contributed by atoms with E-state index in [1.54, 1.807) is 0 Å². The van der Waals surface area contributed by atoms with Gasteiger partial charge in [0.25, 0.3) is 0 Å². The van der Waals surface area contributed by atoms with Crippen LogP contribution in [0.2, 0.25) is 0 Å². The van der Waals surface area contributed by atoms with Gasteiger partial charge in [-0.25, -0.2) is 0 Å². The third-order valence-corrected chi connectivity index (χ3v) is 2.16. The van der Waals surface area contributed by atoms with E-state index in [0.29, 0.717) is 6.61 Å². The average molecular weight is 208 g/mol. The predicted molar refractivity (Wildman–Crippen MR) is 63.1 cm³/mol. The molecule has 15 heavy (non-hydrogen) atoms. The van der Waals surface area contributed by atoms with Crippen LogP contribution in [0.1, 0.15) is 18.5 Å². The Hall–Kier alpha value is -1.06. The minimum atomic E-state index is 0.0420. The third kappa shape index (κ3) is 3.90. The van der Waals surface area contributed by atoms with Gasteiger partial charge in [-0.2, -0.15) is 0 Å². The summed E-state index contributed by atoms with van der Waals surface area (Å²) in [6.45, 7) is 3.51. The van der Waals surface area contributed by atoms with Gasteiger partial charge in [0.15, 0.2) is 0 Å². The number of nitrogens with two attached hydrogens (primary N) is 1. The fourth-order valence-corrected chi connectivity index (χ4v) is 1.50. The Morgan fingerprint density at radius 3 is 2.73 bits per heavy atom. The van der Waals surface area contributed by atoms with E-state index >= 15 is 0 Å². The van der Waals surface area contributed by atoms with Crippen molar-refractivity contribution in [2.24, 2.45) is 5.73 Å². The van der Waals surface area contributed by atoms with E-state index in [-0.39, 0.29) is 6.04 Å². The lowest BCUT2D eigenvalue weighted by Gasteiger charge is -2.17. The first-order valence-electron chi connectivity index (χ1n) is 5.26. The van der Waals surface area contributed by atoms with Crippen LogP contribution >= 0.6 is 0 Å². The molecule has 3 heteroatoms. The lowest BCUT2D eigenvalue weighted by atomic mass is 10.1. The molecule has 0 heterocycles. The Labute approximate surface area is 91.8 Å². The number of likely N-dealkylation sites (N-methyl/N-ethyl adjacent to an activating group) is 1. The summed E-state index contributed by atoms with van der Waals surface area (Å²) in [5.74, 6) is 0.893. The molecule has 1 aromatic carbocycles. The van der Waals surface area contributed by atoms with Crippen LogP contribution in [0, 0.1) is 0 Å². The predicted octanol–water partition coefficient (Wildman–Crippen LogP) is 1.65. The van der Waals surface area contributed by atoms with Gasteiger partial charge in [0.05, 0.1) is 6.61 Å². The van der Waals surface area contributed by atoms with Gasteiger partial charge in [0.1, 0.15) is 5.75 Å². The molecule has 0 aliphatic heterocycles. The zero-order valence-electron chi connectivity index (χ0n) is 9.73. The van der Waals surface area contributed by atoms with Crippen LogP contribution in [0.4, 0.5) is 0 Å². The highest BCUT2D eigenvalue weighted by molar-refractivity contribution is 5.30. The summed E-state index contributed by atoms with van der Waals surface area (Å²) in [6, 6.07) is 8.03. The normalized spacial score (nSPS) is 12.9. The van der Waals surface area contributed by atoms with Crippen molar-refractivity contribution in [1.82, 2.24) is 4.90 Å². The van der Waals surface area contributed by atoms with E-state index in [1.165, 1.54) is 0 Å². The molecule has 0 bridgehead atoms. The van der Waals surface area contributed by atoms with Crippen molar-refractivity contribution >= 4 is 0 Å². The second kappa shape index (κ2) is 5.73. The van der Waals surface area contributed by atoms with Crippen molar-refractivity contribution in [3.05, 3.63) is 29.8 Å². The fourth-order valence-electron chi connectivity index (χ4n) is 1.50. The first-order valence-corrected chi connectivity index (χ1v) is 5.26. The summed E-state index contributed by atoms with van der Waals surface area (Å²) in [5.41, 5.74) is 7.18. The Morgan fingerprint density at radius 1 is 1.40 bits per heavy atom. The molecular weight excluding hydrogens is 188 g/mol. The highest BCUT2D eigenvalue weighted by Crippen LogP contribution is 2.18. The number of hydrogen-bond acceptors (Lipinski definition) is 3. The number of ether oxygens (including phenoxy) is 1. The van der Waals surface area contributed by atoms with Crippen molar-refractivity contribution in [3.8, 4) is 5.75 Å². The van der Waals surface area contributed by atoms with Gasteiger partial charge in [-0.05, 0) is 38.7 Å². The van der Waals surface area contributed by atoms with E-state index in [4.69, 9.17) is 10.5 Å². The molecule has 0 saturated heterocycles. The maximum atomic E-state index is 6.06. The Bertz CT molecular complexity index is 299. The minimum absolute atomic E-state index is 0.0420. The number of benzene rings is 1. The van der Waals surface area contributed by atoms with Crippen molar-refractivity contribution < 1.29 is 4.74 Å². The van der Waals surface area contributed by atoms with Crippen molar-refractivity contribution in [2.45, 2.75) is 13.0 Å². The Morgan fingerprint density at radius 2 is 2.13 bits per heavy atom. The smallest absolute Gasteiger partial charge is 0.119 e. The summed E-state index contributed by atoms with van der Waals surface area (Å²) < 4.78 is 5.43. The van der Waals surface area contributed by atoms with Crippen LogP contribution in [0.25, 0.3) is 0 Å². The van der Waals surface area contributed by atoms with Gasteiger partial charge >= 0.3 is 0 Å². The van der Waals surface area contributed by atoms with Crippen molar-refractivity contribution in [1.29, 1.82) is 0 Å². The molecule has 1 aromatic rings. The molecule has 2 N–H and O–H groups in total. The molecule has 0 radical (unpaired) electrons. The van der Waals surface area contributed by atoms with Crippen LogP contribution in [0.15, 0.2) is 24.3 Å². The zero-order valence-corrected chi connectivity index (χ0v) is 9.73.